The Morgan fingerprint density at radius 1 is 1.23 bits per heavy atom. The predicted molar refractivity (Wildman–Crippen MR) is 127 cm³/mol. The van der Waals surface area contributed by atoms with E-state index in [-0.39, 0.29) is 30.6 Å². The van der Waals surface area contributed by atoms with Crippen LogP contribution < -0.4 is 14.8 Å². The van der Waals surface area contributed by atoms with Gasteiger partial charge in [-0.15, -0.1) is 0 Å². The van der Waals surface area contributed by atoms with Crippen molar-refractivity contribution in [1.82, 2.24) is 14.4 Å². The highest BCUT2D eigenvalue weighted by atomic mass is 19.1. The number of esters is 1. The van der Waals surface area contributed by atoms with Crippen molar-refractivity contribution in [2.24, 2.45) is 0 Å². The fourth-order valence-electron chi connectivity index (χ4n) is 4.81. The quantitative estimate of drug-likeness (QED) is 0.438. The van der Waals surface area contributed by atoms with E-state index in [2.05, 4.69) is 15.3 Å². The molecular formula is C26H23FN4O4. The van der Waals surface area contributed by atoms with E-state index in [0.29, 0.717) is 41.7 Å². The maximum Gasteiger partial charge on any atom is 0.358 e. The fourth-order valence-corrected chi connectivity index (χ4v) is 4.81. The van der Waals surface area contributed by atoms with Crippen LogP contribution in [-0.2, 0) is 11.3 Å². The lowest BCUT2D eigenvalue weighted by Gasteiger charge is -2.17. The highest BCUT2D eigenvalue weighted by Crippen LogP contribution is 2.42. The summed E-state index contributed by atoms with van der Waals surface area (Å²) in [5.74, 6) is 0.909. The zero-order chi connectivity index (χ0) is 24.1. The van der Waals surface area contributed by atoms with Crippen LogP contribution in [0.3, 0.4) is 0 Å². The number of carbonyl (C=O) groups is 1. The molecule has 35 heavy (non-hydrogen) atoms. The first-order valence-corrected chi connectivity index (χ1v) is 11.5. The van der Waals surface area contributed by atoms with E-state index in [1.54, 1.807) is 29.8 Å². The maximum absolute atomic E-state index is 14.9. The standard InChI is InChI=1S/C26H23FN4O4/c1-3-33-26(32)20-11-31-24(30-20)17(16-5-4-8-28-14(16)2)9-22-25(31)29-10-18-19(27)6-7-21-23(18)15(12-34-21)13-35-22/h4-9,11,15,29H,3,10,12-13H2,1-2H3. The number of fused-ring (bicyclic) bond motifs is 3. The molecule has 0 saturated carbocycles. The minimum absolute atomic E-state index is 0.0967. The summed E-state index contributed by atoms with van der Waals surface area (Å²) in [7, 11) is 0. The first-order valence-electron chi connectivity index (χ1n) is 11.5. The summed E-state index contributed by atoms with van der Waals surface area (Å²) < 4.78 is 34.0. The van der Waals surface area contributed by atoms with Gasteiger partial charge in [0.25, 0.3) is 0 Å². The second-order valence-corrected chi connectivity index (χ2v) is 8.56. The highest BCUT2D eigenvalue weighted by Gasteiger charge is 2.32. The summed E-state index contributed by atoms with van der Waals surface area (Å²) in [4.78, 5) is 21.6. The van der Waals surface area contributed by atoms with Crippen molar-refractivity contribution in [1.29, 1.82) is 0 Å². The van der Waals surface area contributed by atoms with Crippen molar-refractivity contribution in [3.63, 3.8) is 0 Å². The molecule has 6 rings (SSSR count). The van der Waals surface area contributed by atoms with Crippen LogP contribution in [0.25, 0.3) is 16.8 Å². The number of halogens is 1. The van der Waals surface area contributed by atoms with Crippen LogP contribution >= 0.6 is 0 Å². The molecule has 5 heterocycles. The van der Waals surface area contributed by atoms with Gasteiger partial charge in [-0.05, 0) is 38.1 Å². The van der Waals surface area contributed by atoms with Gasteiger partial charge in [-0.3, -0.25) is 9.38 Å². The second kappa shape index (κ2) is 8.26. The third-order valence-electron chi connectivity index (χ3n) is 6.46. The van der Waals surface area contributed by atoms with Crippen LogP contribution in [0.5, 0.6) is 11.5 Å². The number of nitrogens with one attached hydrogen (secondary N) is 1. The van der Waals surface area contributed by atoms with E-state index in [1.165, 1.54) is 6.07 Å². The minimum Gasteiger partial charge on any atom is -0.493 e. The van der Waals surface area contributed by atoms with E-state index in [4.69, 9.17) is 14.2 Å². The van der Waals surface area contributed by atoms with Crippen molar-refractivity contribution in [2.75, 3.05) is 25.1 Å². The van der Waals surface area contributed by atoms with Crippen LogP contribution in [0.1, 0.15) is 40.2 Å². The number of nitrogens with zero attached hydrogens (tertiary/aromatic N) is 3. The Bertz CT molecular complexity index is 1480. The number of aryl methyl sites for hydroxylation is 1. The lowest BCUT2D eigenvalue weighted by molar-refractivity contribution is 0.0520. The highest BCUT2D eigenvalue weighted by molar-refractivity contribution is 5.91. The first-order chi connectivity index (χ1) is 17.0. The summed E-state index contributed by atoms with van der Waals surface area (Å²) in [6, 6.07) is 8.80. The fraction of sp³-hybridized carbons (Fsp3) is 0.269. The van der Waals surface area contributed by atoms with Crippen LogP contribution in [0.15, 0.2) is 42.7 Å². The van der Waals surface area contributed by atoms with Gasteiger partial charge >= 0.3 is 5.97 Å². The Labute approximate surface area is 200 Å². The van der Waals surface area contributed by atoms with E-state index in [9.17, 15) is 9.18 Å². The minimum atomic E-state index is -0.518. The van der Waals surface area contributed by atoms with Gasteiger partial charge in [0.15, 0.2) is 17.3 Å². The topological polar surface area (TPSA) is 87.0 Å². The number of ether oxygens (including phenoxy) is 3. The molecule has 0 fully saturated rings. The number of carbonyl (C=O) groups excluding carboxylic acids is 1. The smallest absolute Gasteiger partial charge is 0.358 e. The molecule has 1 aromatic carbocycles. The van der Waals surface area contributed by atoms with Gasteiger partial charge in [0, 0.05) is 46.9 Å². The Morgan fingerprint density at radius 3 is 2.86 bits per heavy atom. The molecule has 3 aromatic heterocycles. The zero-order valence-corrected chi connectivity index (χ0v) is 19.3. The molecule has 9 heteroatoms. The third-order valence-corrected chi connectivity index (χ3v) is 6.46. The van der Waals surface area contributed by atoms with Crippen LogP contribution in [0.2, 0.25) is 0 Å². The molecule has 0 radical (unpaired) electrons. The normalized spacial score (nSPS) is 16.1. The van der Waals surface area contributed by atoms with Crippen molar-refractivity contribution in [3.8, 4) is 22.6 Å². The SMILES string of the molecule is CCOC(=O)c1cn2c3c(cc(-c4cccnc4C)c2n1)OCC1COc2ccc(F)c(c21)CN3. The average molecular weight is 474 g/mol. The molecule has 1 unspecified atom stereocenters. The Kier molecular flexibility index (Phi) is 5.05. The number of pyridine rings is 2. The van der Waals surface area contributed by atoms with Crippen molar-refractivity contribution in [2.45, 2.75) is 26.3 Å². The molecule has 178 valence electrons. The number of imidazole rings is 1. The van der Waals surface area contributed by atoms with Gasteiger partial charge in [0.05, 0.1) is 25.7 Å². The van der Waals surface area contributed by atoms with Gasteiger partial charge in [-0.1, -0.05) is 6.07 Å². The number of hydrogen-bond donors (Lipinski definition) is 1. The van der Waals surface area contributed by atoms with Gasteiger partial charge in [-0.25, -0.2) is 14.2 Å². The van der Waals surface area contributed by atoms with Gasteiger partial charge in [-0.2, -0.15) is 0 Å². The predicted octanol–water partition coefficient (Wildman–Crippen LogP) is 4.50. The van der Waals surface area contributed by atoms with Crippen LogP contribution in [0, 0.1) is 12.7 Å². The van der Waals surface area contributed by atoms with E-state index in [0.717, 1.165) is 22.4 Å². The molecule has 2 aliphatic rings. The summed E-state index contributed by atoms with van der Waals surface area (Å²) in [6.07, 6.45) is 3.35. The number of benzene rings is 1. The van der Waals surface area contributed by atoms with Crippen molar-refractivity contribution in [3.05, 3.63) is 71.1 Å². The van der Waals surface area contributed by atoms with Gasteiger partial charge in [0.1, 0.15) is 17.2 Å². The first kappa shape index (κ1) is 21.4. The molecule has 8 nitrogen and oxygen atoms in total. The molecule has 0 bridgehead atoms. The van der Waals surface area contributed by atoms with Crippen molar-refractivity contribution >= 4 is 17.4 Å². The van der Waals surface area contributed by atoms with E-state index >= 15 is 0 Å². The van der Waals surface area contributed by atoms with Gasteiger partial charge < -0.3 is 19.5 Å². The number of hydrogen-bond acceptors (Lipinski definition) is 7. The summed E-state index contributed by atoms with van der Waals surface area (Å²) in [6.45, 7) is 4.86. The van der Waals surface area contributed by atoms with Gasteiger partial charge in [0.2, 0.25) is 0 Å². The van der Waals surface area contributed by atoms with Crippen LogP contribution in [0.4, 0.5) is 10.2 Å². The second-order valence-electron chi connectivity index (χ2n) is 8.56. The molecular weight excluding hydrogens is 451 g/mol. The Balaban J connectivity index is 1.56. The monoisotopic (exact) mass is 474 g/mol. The molecule has 2 aliphatic heterocycles. The molecule has 0 spiro atoms. The molecule has 1 N–H and O–H groups in total. The summed E-state index contributed by atoms with van der Waals surface area (Å²) in [5.41, 5.74) is 4.54. The molecule has 0 amide bonds. The zero-order valence-electron chi connectivity index (χ0n) is 19.3. The maximum atomic E-state index is 14.9. The number of rotatable bonds is 3. The Morgan fingerprint density at radius 2 is 2.06 bits per heavy atom. The molecule has 0 aliphatic carbocycles. The lowest BCUT2D eigenvalue weighted by Crippen LogP contribution is -2.13. The third kappa shape index (κ3) is 3.46. The largest absolute Gasteiger partial charge is 0.493 e. The molecule has 0 saturated heterocycles. The average Bonchev–Trinajstić information content (AvgIpc) is 3.48. The molecule has 4 aromatic rings. The van der Waals surface area contributed by atoms with E-state index < -0.39 is 5.97 Å². The molecule has 1 atom stereocenters. The number of anilines is 1. The van der Waals surface area contributed by atoms with Crippen molar-refractivity contribution < 1.29 is 23.4 Å². The van der Waals surface area contributed by atoms with E-state index in [1.807, 2.05) is 25.1 Å². The Hall–Kier alpha value is -4.14. The van der Waals surface area contributed by atoms with Crippen LogP contribution in [-0.4, -0.2) is 40.2 Å². The summed E-state index contributed by atoms with van der Waals surface area (Å²) >= 11 is 0. The lowest BCUT2D eigenvalue weighted by atomic mass is 9.96. The summed E-state index contributed by atoms with van der Waals surface area (Å²) in [5, 5.41) is 3.33. The number of aromatic nitrogens is 3.